The minimum absolute atomic E-state index is 0.00868. The molecule has 1 amide bonds. The molecule has 2 aromatic rings. The summed E-state index contributed by atoms with van der Waals surface area (Å²) in [5.41, 5.74) is -0.367. The average molecular weight is 390 g/mol. The Morgan fingerprint density at radius 1 is 1.52 bits per heavy atom. The highest BCUT2D eigenvalue weighted by Crippen LogP contribution is 2.29. The third kappa shape index (κ3) is 3.61. The SMILES string of the molecule is CN(Cc1cc(Br)cs1)C(=O)c1cccc(Cl)c1[N+](=O)[O-]. The van der Waals surface area contributed by atoms with Gasteiger partial charge >= 0.3 is 5.69 Å². The third-order valence-electron chi connectivity index (χ3n) is 2.76. The minimum atomic E-state index is -0.634. The Balaban J connectivity index is 2.27. The molecule has 0 radical (unpaired) electrons. The first kappa shape index (κ1) is 15.9. The molecule has 0 atom stereocenters. The summed E-state index contributed by atoms with van der Waals surface area (Å²) in [6, 6.07) is 6.24. The summed E-state index contributed by atoms with van der Waals surface area (Å²) in [4.78, 5) is 25.2. The van der Waals surface area contributed by atoms with Gasteiger partial charge in [-0.05, 0) is 34.1 Å². The van der Waals surface area contributed by atoms with Crippen molar-refractivity contribution in [3.05, 3.63) is 59.7 Å². The van der Waals surface area contributed by atoms with Crippen LogP contribution in [0, 0.1) is 10.1 Å². The van der Waals surface area contributed by atoms with E-state index in [1.165, 1.54) is 34.4 Å². The predicted molar refractivity (Wildman–Crippen MR) is 85.9 cm³/mol. The van der Waals surface area contributed by atoms with Crippen LogP contribution in [0.3, 0.4) is 0 Å². The first-order chi connectivity index (χ1) is 9.90. The number of hydrogen-bond acceptors (Lipinski definition) is 4. The van der Waals surface area contributed by atoms with Gasteiger partial charge in [0.2, 0.25) is 0 Å². The summed E-state index contributed by atoms with van der Waals surface area (Å²) in [7, 11) is 1.60. The van der Waals surface area contributed by atoms with E-state index in [0.717, 1.165) is 9.35 Å². The fourth-order valence-electron chi connectivity index (χ4n) is 1.82. The van der Waals surface area contributed by atoms with Crippen LogP contribution in [0.25, 0.3) is 0 Å². The van der Waals surface area contributed by atoms with Crippen LogP contribution in [0.2, 0.25) is 5.02 Å². The van der Waals surface area contributed by atoms with Crippen molar-refractivity contribution in [1.29, 1.82) is 0 Å². The van der Waals surface area contributed by atoms with Crippen molar-refractivity contribution in [1.82, 2.24) is 4.90 Å². The van der Waals surface area contributed by atoms with Gasteiger partial charge in [0.15, 0.2) is 0 Å². The van der Waals surface area contributed by atoms with E-state index in [1.54, 1.807) is 7.05 Å². The summed E-state index contributed by atoms with van der Waals surface area (Å²) in [6.45, 7) is 0.374. The van der Waals surface area contributed by atoms with Gasteiger partial charge in [-0.3, -0.25) is 14.9 Å². The zero-order valence-electron chi connectivity index (χ0n) is 10.9. The predicted octanol–water partition coefficient (Wildman–Crippen LogP) is 4.34. The van der Waals surface area contributed by atoms with Crippen LogP contribution >= 0.6 is 38.9 Å². The number of thiophene rings is 1. The molecule has 2 rings (SSSR count). The molecule has 0 fully saturated rings. The molecule has 1 heterocycles. The van der Waals surface area contributed by atoms with Crippen LogP contribution in [0.1, 0.15) is 15.2 Å². The number of halogens is 2. The molecule has 0 saturated carbocycles. The molecule has 0 aliphatic heterocycles. The number of nitrogens with zero attached hydrogens (tertiary/aromatic N) is 2. The van der Waals surface area contributed by atoms with Crippen molar-refractivity contribution in [2.24, 2.45) is 0 Å². The van der Waals surface area contributed by atoms with Gasteiger partial charge in [0.25, 0.3) is 5.91 Å². The first-order valence-corrected chi connectivity index (χ1v) is 7.86. The lowest BCUT2D eigenvalue weighted by Gasteiger charge is -2.16. The second kappa shape index (κ2) is 6.55. The molecule has 0 N–H and O–H groups in total. The summed E-state index contributed by atoms with van der Waals surface area (Å²) >= 11 is 10.7. The number of benzene rings is 1. The number of nitro benzene ring substituents is 1. The highest BCUT2D eigenvalue weighted by atomic mass is 79.9. The standard InChI is InChI=1S/C13H10BrClN2O3S/c1-16(6-9-5-8(14)7-21-9)13(18)10-3-2-4-11(15)12(10)17(19)20/h2-5,7H,6H2,1H3. The number of para-hydroxylation sites is 1. The maximum Gasteiger partial charge on any atom is 0.300 e. The lowest BCUT2D eigenvalue weighted by Crippen LogP contribution is -2.26. The van der Waals surface area contributed by atoms with Gasteiger partial charge in [0.05, 0.1) is 11.5 Å². The quantitative estimate of drug-likeness (QED) is 0.577. The van der Waals surface area contributed by atoms with E-state index in [9.17, 15) is 14.9 Å². The maximum atomic E-state index is 12.4. The lowest BCUT2D eigenvalue weighted by atomic mass is 10.1. The van der Waals surface area contributed by atoms with Gasteiger partial charge in [-0.15, -0.1) is 11.3 Å². The third-order valence-corrected chi connectivity index (χ3v) is 4.75. The molecule has 8 heteroatoms. The molecule has 0 spiro atoms. The van der Waals surface area contributed by atoms with Crippen molar-refractivity contribution < 1.29 is 9.72 Å². The Kier molecular flexibility index (Phi) is 4.97. The van der Waals surface area contributed by atoms with Crippen molar-refractivity contribution >= 4 is 50.5 Å². The molecule has 1 aromatic carbocycles. The van der Waals surface area contributed by atoms with Gasteiger partial charge in [0, 0.05) is 21.8 Å². The monoisotopic (exact) mass is 388 g/mol. The average Bonchev–Trinajstić information content (AvgIpc) is 2.82. The Morgan fingerprint density at radius 2 is 2.24 bits per heavy atom. The van der Waals surface area contributed by atoms with Gasteiger partial charge in [-0.2, -0.15) is 0 Å². The molecule has 0 bridgehead atoms. The molecule has 5 nitrogen and oxygen atoms in total. The first-order valence-electron chi connectivity index (χ1n) is 5.81. The number of rotatable bonds is 4. The molecule has 21 heavy (non-hydrogen) atoms. The van der Waals surface area contributed by atoms with Gasteiger partial charge in [-0.1, -0.05) is 17.7 Å². The number of hydrogen-bond donors (Lipinski definition) is 0. The van der Waals surface area contributed by atoms with Crippen LogP contribution < -0.4 is 0 Å². The molecule has 0 aliphatic rings. The van der Waals surface area contributed by atoms with E-state index in [1.807, 2.05) is 11.4 Å². The minimum Gasteiger partial charge on any atom is -0.336 e. The van der Waals surface area contributed by atoms with Crippen molar-refractivity contribution in [2.45, 2.75) is 6.54 Å². The number of carbonyl (C=O) groups is 1. The van der Waals surface area contributed by atoms with E-state index in [0.29, 0.717) is 6.54 Å². The molecule has 0 saturated heterocycles. The van der Waals surface area contributed by atoms with Gasteiger partial charge in [0.1, 0.15) is 10.6 Å². The molecule has 110 valence electrons. The number of nitro groups is 1. The van der Waals surface area contributed by atoms with Crippen LogP contribution in [0.5, 0.6) is 0 Å². The van der Waals surface area contributed by atoms with Crippen molar-refractivity contribution in [3.8, 4) is 0 Å². The Hall–Kier alpha value is -1.44. The lowest BCUT2D eigenvalue weighted by molar-refractivity contribution is -0.385. The zero-order chi connectivity index (χ0) is 15.6. The van der Waals surface area contributed by atoms with E-state index >= 15 is 0 Å². The van der Waals surface area contributed by atoms with Crippen LogP contribution in [0.15, 0.2) is 34.1 Å². The molecular weight excluding hydrogens is 380 g/mol. The largest absolute Gasteiger partial charge is 0.336 e. The molecule has 0 aliphatic carbocycles. The van der Waals surface area contributed by atoms with Crippen LogP contribution in [0.4, 0.5) is 5.69 Å². The highest BCUT2D eigenvalue weighted by molar-refractivity contribution is 9.10. The van der Waals surface area contributed by atoms with Crippen molar-refractivity contribution in [2.75, 3.05) is 7.05 Å². The maximum absolute atomic E-state index is 12.4. The van der Waals surface area contributed by atoms with Crippen molar-refractivity contribution in [3.63, 3.8) is 0 Å². The smallest absolute Gasteiger partial charge is 0.300 e. The molecular formula is C13H10BrClN2O3S. The van der Waals surface area contributed by atoms with E-state index in [2.05, 4.69) is 15.9 Å². The molecule has 0 unspecified atom stereocenters. The van der Waals surface area contributed by atoms with Crippen LogP contribution in [-0.4, -0.2) is 22.8 Å². The number of carbonyl (C=O) groups excluding carboxylic acids is 1. The normalized spacial score (nSPS) is 10.4. The summed E-state index contributed by atoms with van der Waals surface area (Å²) < 4.78 is 0.942. The zero-order valence-corrected chi connectivity index (χ0v) is 14.0. The second-order valence-corrected chi connectivity index (χ2v) is 6.60. The van der Waals surface area contributed by atoms with Gasteiger partial charge in [-0.25, -0.2) is 0 Å². The summed E-state index contributed by atoms with van der Waals surface area (Å²) in [5.74, 6) is -0.436. The Labute approximate surface area is 138 Å². The Morgan fingerprint density at radius 3 is 2.81 bits per heavy atom. The summed E-state index contributed by atoms with van der Waals surface area (Å²) in [5, 5.41) is 12.9. The molecule has 1 aromatic heterocycles. The number of amides is 1. The van der Waals surface area contributed by atoms with E-state index in [4.69, 9.17) is 11.6 Å². The summed E-state index contributed by atoms with van der Waals surface area (Å²) in [6.07, 6.45) is 0. The second-order valence-electron chi connectivity index (χ2n) is 4.29. The fraction of sp³-hybridized carbons (Fsp3) is 0.154. The highest BCUT2D eigenvalue weighted by Gasteiger charge is 2.25. The Bertz CT molecular complexity index is 704. The van der Waals surface area contributed by atoms with E-state index < -0.39 is 10.8 Å². The van der Waals surface area contributed by atoms with Gasteiger partial charge < -0.3 is 4.90 Å². The van der Waals surface area contributed by atoms with E-state index in [-0.39, 0.29) is 16.3 Å². The fourth-order valence-corrected chi connectivity index (χ4v) is 3.57. The van der Waals surface area contributed by atoms with Crippen LogP contribution in [-0.2, 0) is 6.54 Å². The topological polar surface area (TPSA) is 63.5 Å².